The van der Waals surface area contributed by atoms with Crippen LogP contribution < -0.4 is 5.32 Å². The maximum atomic E-state index is 5.48. The largest absolute Gasteiger partial charge is 0.350 e. The summed E-state index contributed by atoms with van der Waals surface area (Å²) in [5.41, 5.74) is 3.54. The van der Waals surface area contributed by atoms with Gasteiger partial charge in [-0.1, -0.05) is 79.8 Å². The highest BCUT2D eigenvalue weighted by Gasteiger charge is 2.30. The quantitative estimate of drug-likeness (QED) is 0.822. The Balaban J connectivity index is 2.06. The average molecular weight is 279 g/mol. The normalized spacial score (nSPS) is 22.1. The van der Waals surface area contributed by atoms with Crippen LogP contribution in [0.5, 0.6) is 0 Å². The lowest BCUT2D eigenvalue weighted by atomic mass is 9.76. The van der Waals surface area contributed by atoms with E-state index in [2.05, 4.69) is 66.8 Å². The molecule has 2 heteroatoms. The molecule has 20 heavy (non-hydrogen) atoms. The van der Waals surface area contributed by atoms with Crippen molar-refractivity contribution >= 4 is 22.9 Å². The van der Waals surface area contributed by atoms with Gasteiger partial charge in [0.2, 0.25) is 0 Å². The number of benzene rings is 2. The third-order valence-corrected chi connectivity index (χ3v) is 4.03. The molecule has 3 rings (SSSR count). The van der Waals surface area contributed by atoms with Crippen molar-refractivity contribution in [2.75, 3.05) is 0 Å². The van der Waals surface area contributed by atoms with Crippen molar-refractivity contribution < 1.29 is 0 Å². The Morgan fingerprint density at radius 2 is 1.55 bits per heavy atom. The molecule has 0 amide bonds. The lowest BCUT2D eigenvalue weighted by Gasteiger charge is -2.33. The van der Waals surface area contributed by atoms with Crippen LogP contribution in [0.2, 0.25) is 0 Å². The van der Waals surface area contributed by atoms with Gasteiger partial charge in [0.15, 0.2) is 0 Å². The van der Waals surface area contributed by atoms with Gasteiger partial charge in [-0.2, -0.15) is 0 Å². The Bertz CT molecular complexity index is 646. The van der Waals surface area contributed by atoms with Crippen LogP contribution in [-0.2, 0) is 5.41 Å². The predicted molar refractivity (Wildman–Crippen MR) is 88.6 cm³/mol. The van der Waals surface area contributed by atoms with Gasteiger partial charge in [0.05, 0.1) is 4.99 Å². The average Bonchev–Trinajstić information content (AvgIpc) is 2.48. The summed E-state index contributed by atoms with van der Waals surface area (Å²) in [7, 11) is 0. The lowest BCUT2D eigenvalue weighted by Crippen LogP contribution is -2.35. The molecule has 1 atom stereocenters. The number of allylic oxidation sites excluding steroid dienone is 1. The van der Waals surface area contributed by atoms with Crippen LogP contribution in [0, 0.1) is 0 Å². The van der Waals surface area contributed by atoms with Crippen molar-refractivity contribution in [2.45, 2.75) is 18.8 Å². The summed E-state index contributed by atoms with van der Waals surface area (Å²) in [6, 6.07) is 20.9. The fraction of sp³-hybridized carbons (Fsp3) is 0.167. The Morgan fingerprint density at radius 3 is 2.20 bits per heavy atom. The molecule has 1 nitrogen and oxygen atoms in total. The SMILES string of the molecule is CC1(c2ccccc2)C=C(c2ccccc2)NC(=S)C1. The fourth-order valence-electron chi connectivity index (χ4n) is 2.71. The summed E-state index contributed by atoms with van der Waals surface area (Å²) in [6.45, 7) is 2.25. The molecule has 1 aliphatic heterocycles. The Hall–Kier alpha value is -1.93. The first-order valence-corrected chi connectivity index (χ1v) is 7.22. The van der Waals surface area contributed by atoms with Gasteiger partial charge in [-0.05, 0) is 17.2 Å². The van der Waals surface area contributed by atoms with Gasteiger partial charge in [0, 0.05) is 17.5 Å². The van der Waals surface area contributed by atoms with Crippen LogP contribution in [0.25, 0.3) is 5.70 Å². The minimum atomic E-state index is -0.0469. The number of thiocarbonyl (C=S) groups is 1. The van der Waals surface area contributed by atoms with Crippen molar-refractivity contribution in [3.63, 3.8) is 0 Å². The van der Waals surface area contributed by atoms with Crippen molar-refractivity contribution in [3.05, 3.63) is 77.9 Å². The molecule has 2 aromatic rings. The zero-order chi connectivity index (χ0) is 14.0. The zero-order valence-corrected chi connectivity index (χ0v) is 12.3. The van der Waals surface area contributed by atoms with E-state index >= 15 is 0 Å². The summed E-state index contributed by atoms with van der Waals surface area (Å²) >= 11 is 5.48. The first-order valence-electron chi connectivity index (χ1n) is 6.81. The summed E-state index contributed by atoms with van der Waals surface area (Å²) in [5, 5.41) is 3.35. The molecule has 0 radical (unpaired) electrons. The molecule has 1 N–H and O–H groups in total. The third-order valence-electron chi connectivity index (χ3n) is 3.78. The minimum Gasteiger partial charge on any atom is -0.350 e. The molecule has 0 aliphatic carbocycles. The highest BCUT2D eigenvalue weighted by Crippen LogP contribution is 2.35. The second-order valence-electron chi connectivity index (χ2n) is 5.43. The highest BCUT2D eigenvalue weighted by atomic mass is 32.1. The van der Waals surface area contributed by atoms with Crippen molar-refractivity contribution in [1.29, 1.82) is 0 Å². The van der Waals surface area contributed by atoms with Crippen LogP contribution in [-0.4, -0.2) is 4.99 Å². The van der Waals surface area contributed by atoms with Crippen LogP contribution in [0.1, 0.15) is 24.5 Å². The third kappa shape index (κ3) is 2.52. The maximum absolute atomic E-state index is 5.48. The molecule has 0 saturated heterocycles. The Labute approximate surface area is 125 Å². The fourth-order valence-corrected chi connectivity index (χ4v) is 3.12. The van der Waals surface area contributed by atoms with E-state index in [0.717, 1.165) is 17.1 Å². The lowest BCUT2D eigenvalue weighted by molar-refractivity contribution is 0.611. The molecule has 100 valence electrons. The topological polar surface area (TPSA) is 12.0 Å². The van der Waals surface area contributed by atoms with Gasteiger partial charge in [0.1, 0.15) is 0 Å². The molecule has 0 saturated carbocycles. The minimum absolute atomic E-state index is 0.0469. The van der Waals surface area contributed by atoms with Gasteiger partial charge in [0.25, 0.3) is 0 Å². The molecule has 1 heterocycles. The van der Waals surface area contributed by atoms with E-state index in [9.17, 15) is 0 Å². The predicted octanol–water partition coefficient (Wildman–Crippen LogP) is 4.31. The summed E-state index contributed by atoms with van der Waals surface area (Å²) in [6.07, 6.45) is 3.15. The van der Waals surface area contributed by atoms with E-state index < -0.39 is 0 Å². The Morgan fingerprint density at radius 1 is 0.950 bits per heavy atom. The van der Waals surface area contributed by atoms with E-state index in [-0.39, 0.29) is 5.41 Å². The van der Waals surface area contributed by atoms with Gasteiger partial charge in [-0.3, -0.25) is 0 Å². The molecule has 0 aromatic heterocycles. The second kappa shape index (κ2) is 5.22. The second-order valence-corrected chi connectivity index (χ2v) is 5.93. The van der Waals surface area contributed by atoms with Crippen molar-refractivity contribution in [3.8, 4) is 0 Å². The van der Waals surface area contributed by atoms with E-state index in [0.29, 0.717) is 0 Å². The molecule has 2 aromatic carbocycles. The summed E-state index contributed by atoms with van der Waals surface area (Å²) in [5.74, 6) is 0. The Kier molecular flexibility index (Phi) is 3.41. The first-order chi connectivity index (χ1) is 9.67. The van der Waals surface area contributed by atoms with Crippen LogP contribution in [0.15, 0.2) is 66.7 Å². The van der Waals surface area contributed by atoms with Crippen molar-refractivity contribution in [2.24, 2.45) is 0 Å². The number of hydrogen-bond donors (Lipinski definition) is 1. The zero-order valence-electron chi connectivity index (χ0n) is 11.5. The molecule has 1 unspecified atom stereocenters. The standard InChI is InChI=1S/C18H17NS/c1-18(15-10-6-3-7-11-15)12-16(19-17(20)13-18)14-8-4-2-5-9-14/h2-12H,13H2,1H3,(H,19,20). The van der Waals surface area contributed by atoms with Gasteiger partial charge < -0.3 is 5.32 Å². The smallest absolute Gasteiger partial charge is 0.0809 e. The van der Waals surface area contributed by atoms with Gasteiger partial charge in [-0.25, -0.2) is 0 Å². The maximum Gasteiger partial charge on any atom is 0.0809 e. The molecular formula is C18H17NS. The number of nitrogens with one attached hydrogen (secondary N) is 1. The summed E-state index contributed by atoms with van der Waals surface area (Å²) in [4.78, 5) is 0.901. The molecular weight excluding hydrogens is 262 g/mol. The van der Waals surface area contributed by atoms with Crippen LogP contribution >= 0.6 is 12.2 Å². The van der Waals surface area contributed by atoms with Crippen molar-refractivity contribution in [1.82, 2.24) is 5.32 Å². The van der Waals surface area contributed by atoms with Gasteiger partial charge >= 0.3 is 0 Å². The van der Waals surface area contributed by atoms with E-state index in [4.69, 9.17) is 12.2 Å². The number of hydrogen-bond acceptors (Lipinski definition) is 1. The monoisotopic (exact) mass is 279 g/mol. The summed E-state index contributed by atoms with van der Waals surface area (Å²) < 4.78 is 0. The van der Waals surface area contributed by atoms with Crippen LogP contribution in [0.3, 0.4) is 0 Å². The number of rotatable bonds is 2. The molecule has 0 bridgehead atoms. The first kappa shape index (κ1) is 13.1. The molecule has 0 fully saturated rings. The molecule has 1 aliphatic rings. The van der Waals surface area contributed by atoms with E-state index in [1.165, 1.54) is 11.1 Å². The van der Waals surface area contributed by atoms with Crippen LogP contribution in [0.4, 0.5) is 0 Å². The van der Waals surface area contributed by atoms with Gasteiger partial charge in [-0.15, -0.1) is 0 Å². The molecule has 0 spiro atoms. The highest BCUT2D eigenvalue weighted by molar-refractivity contribution is 7.80. The van der Waals surface area contributed by atoms with E-state index in [1.807, 2.05) is 12.1 Å². The van der Waals surface area contributed by atoms with E-state index in [1.54, 1.807) is 0 Å².